The first kappa shape index (κ1) is 19.4. The van der Waals surface area contributed by atoms with Crippen molar-refractivity contribution in [3.63, 3.8) is 0 Å². The van der Waals surface area contributed by atoms with Crippen LogP contribution in [-0.4, -0.2) is 31.5 Å². The Bertz CT molecular complexity index is 878. The molecule has 1 aliphatic carbocycles. The van der Waals surface area contributed by atoms with Gasteiger partial charge in [-0.2, -0.15) is 0 Å². The van der Waals surface area contributed by atoms with Crippen molar-refractivity contribution in [2.75, 3.05) is 19.4 Å². The maximum atomic E-state index is 12.4. The average molecular weight is 409 g/mol. The van der Waals surface area contributed by atoms with E-state index in [0.717, 1.165) is 30.6 Å². The van der Waals surface area contributed by atoms with Crippen molar-refractivity contribution in [1.29, 1.82) is 0 Å². The lowest BCUT2D eigenvalue weighted by molar-refractivity contribution is 0.0454. The summed E-state index contributed by atoms with van der Waals surface area (Å²) >= 11 is 2.41. The maximum absolute atomic E-state index is 12.4. The molecule has 144 valence electrons. The zero-order valence-electron chi connectivity index (χ0n) is 15.0. The molecule has 0 saturated carbocycles. The van der Waals surface area contributed by atoms with E-state index in [2.05, 4.69) is 5.32 Å². The van der Waals surface area contributed by atoms with Crippen molar-refractivity contribution >= 4 is 45.5 Å². The first-order valence-corrected chi connectivity index (χ1v) is 10.2. The second-order valence-electron chi connectivity index (χ2n) is 5.94. The predicted molar refractivity (Wildman–Crippen MR) is 104 cm³/mol. The Hall–Kier alpha value is -2.39. The Labute approximate surface area is 164 Å². The lowest BCUT2D eigenvalue weighted by Crippen LogP contribution is -2.19. The number of hydrogen-bond acceptors (Lipinski definition) is 8. The van der Waals surface area contributed by atoms with E-state index in [-0.39, 0.29) is 34.2 Å². The Morgan fingerprint density at radius 3 is 2.63 bits per heavy atom. The summed E-state index contributed by atoms with van der Waals surface area (Å²) in [5, 5.41) is 2.66. The summed E-state index contributed by atoms with van der Waals surface area (Å²) in [6.07, 6.45) is 3.08. The van der Waals surface area contributed by atoms with Crippen LogP contribution in [-0.2, 0) is 28.9 Å². The number of hydrogen-bond donors (Lipinski definition) is 2. The minimum atomic E-state index is -0.637. The van der Waals surface area contributed by atoms with Gasteiger partial charge in [0.15, 0.2) is 0 Å². The van der Waals surface area contributed by atoms with E-state index in [1.54, 1.807) is 6.92 Å². The van der Waals surface area contributed by atoms with Gasteiger partial charge in [-0.25, -0.2) is 9.59 Å². The molecule has 0 atom stereocenters. The van der Waals surface area contributed by atoms with Crippen LogP contribution in [0.2, 0.25) is 0 Å². The molecule has 3 N–H and O–H groups in total. The number of esters is 2. The third-order valence-electron chi connectivity index (χ3n) is 4.24. The monoisotopic (exact) mass is 408 g/mol. The number of amides is 1. The molecule has 7 nitrogen and oxygen atoms in total. The lowest BCUT2D eigenvalue weighted by Gasteiger charge is -2.08. The zero-order chi connectivity index (χ0) is 19.6. The molecular formula is C18H20N2O5S2. The normalized spacial score (nSPS) is 12.5. The molecule has 1 amide bonds. The number of fused-ring (bicyclic) bond motifs is 1. The second-order valence-corrected chi connectivity index (χ2v) is 8.13. The van der Waals surface area contributed by atoms with Crippen LogP contribution >= 0.6 is 22.7 Å². The van der Waals surface area contributed by atoms with Gasteiger partial charge in [-0.1, -0.05) is 0 Å². The average Bonchev–Trinajstić information content (AvgIpc) is 3.32. The largest absolute Gasteiger partial charge is 0.462 e. The van der Waals surface area contributed by atoms with Crippen molar-refractivity contribution < 1.29 is 23.9 Å². The molecule has 27 heavy (non-hydrogen) atoms. The van der Waals surface area contributed by atoms with E-state index in [1.165, 1.54) is 28.8 Å². The summed E-state index contributed by atoms with van der Waals surface area (Å²) in [5.41, 5.74) is 7.49. The van der Waals surface area contributed by atoms with Crippen LogP contribution in [0.25, 0.3) is 0 Å². The fraction of sp³-hybridized carbons (Fsp3) is 0.389. The van der Waals surface area contributed by atoms with Gasteiger partial charge >= 0.3 is 11.9 Å². The summed E-state index contributed by atoms with van der Waals surface area (Å²) in [5.74, 6) is -1.51. The molecule has 3 rings (SSSR count). The lowest BCUT2D eigenvalue weighted by atomic mass is 10.1. The molecule has 2 aromatic heterocycles. The molecule has 0 radical (unpaired) electrons. The van der Waals surface area contributed by atoms with E-state index in [0.29, 0.717) is 4.88 Å². The summed E-state index contributed by atoms with van der Waals surface area (Å²) in [6.45, 7) is 1.62. The number of carbonyl (C=O) groups excluding carboxylic acids is 3. The number of nitrogen functional groups attached to an aromatic ring is 1. The van der Waals surface area contributed by atoms with Crippen molar-refractivity contribution in [1.82, 2.24) is 5.32 Å². The number of aryl methyl sites for hydroxylation is 2. The van der Waals surface area contributed by atoms with E-state index >= 15 is 0 Å². The third kappa shape index (κ3) is 3.84. The van der Waals surface area contributed by atoms with Crippen LogP contribution in [0.15, 0.2) is 6.07 Å². The predicted octanol–water partition coefficient (Wildman–Crippen LogP) is 2.77. The molecule has 0 bridgehead atoms. The summed E-state index contributed by atoms with van der Waals surface area (Å²) < 4.78 is 10.4. The maximum Gasteiger partial charge on any atom is 0.348 e. The summed E-state index contributed by atoms with van der Waals surface area (Å²) in [6, 6.07) is 1.86. The van der Waals surface area contributed by atoms with Crippen LogP contribution in [0.1, 0.15) is 59.0 Å². The quantitative estimate of drug-likeness (QED) is 0.712. The van der Waals surface area contributed by atoms with Gasteiger partial charge in [-0.3, -0.25) is 4.79 Å². The number of nitrogens with two attached hydrogens (primary N) is 1. The first-order valence-electron chi connectivity index (χ1n) is 8.55. The van der Waals surface area contributed by atoms with E-state index in [9.17, 15) is 14.4 Å². The zero-order valence-corrected chi connectivity index (χ0v) is 16.7. The van der Waals surface area contributed by atoms with Crippen LogP contribution in [0, 0.1) is 0 Å². The van der Waals surface area contributed by atoms with Gasteiger partial charge in [-0.05, 0) is 37.8 Å². The van der Waals surface area contributed by atoms with E-state index < -0.39 is 17.8 Å². The van der Waals surface area contributed by atoms with E-state index in [4.69, 9.17) is 15.2 Å². The van der Waals surface area contributed by atoms with Gasteiger partial charge < -0.3 is 20.5 Å². The molecule has 0 aliphatic heterocycles. The number of anilines is 1. The highest BCUT2D eigenvalue weighted by Crippen LogP contribution is 2.34. The van der Waals surface area contributed by atoms with Gasteiger partial charge in [0.05, 0.1) is 6.61 Å². The number of rotatable bonds is 6. The van der Waals surface area contributed by atoms with Gasteiger partial charge in [-0.15, -0.1) is 22.7 Å². The molecular weight excluding hydrogens is 388 g/mol. The van der Waals surface area contributed by atoms with Crippen LogP contribution < -0.4 is 11.1 Å². The first-order chi connectivity index (χ1) is 13.0. The number of thiophene rings is 2. The third-order valence-corrected chi connectivity index (χ3v) is 6.52. The standard InChI is InChI=1S/C18H20N2O5S2/c1-3-24-18(23)13-10(14(16(21)20-2)27-15(13)19)8-25-17(22)12-7-9-5-4-6-11(9)26-12/h7H,3-6,8,19H2,1-2H3,(H,20,21). The SMILES string of the molecule is CCOC(=O)c1c(N)sc(C(=O)NC)c1COC(=O)c1cc2c(s1)CCC2. The summed E-state index contributed by atoms with van der Waals surface area (Å²) in [7, 11) is 1.48. The van der Waals surface area contributed by atoms with Crippen molar-refractivity contribution in [2.45, 2.75) is 32.8 Å². The van der Waals surface area contributed by atoms with Crippen molar-refractivity contribution in [2.24, 2.45) is 0 Å². The van der Waals surface area contributed by atoms with Crippen LogP contribution in [0.5, 0.6) is 0 Å². The molecule has 2 heterocycles. The Balaban J connectivity index is 1.84. The topological polar surface area (TPSA) is 108 Å². The van der Waals surface area contributed by atoms with Crippen LogP contribution in [0.3, 0.4) is 0 Å². The minimum absolute atomic E-state index is 0.0851. The van der Waals surface area contributed by atoms with E-state index in [1.807, 2.05) is 6.07 Å². The van der Waals surface area contributed by atoms with Gasteiger partial charge in [0, 0.05) is 17.5 Å². The van der Waals surface area contributed by atoms with Gasteiger partial charge in [0.1, 0.15) is 26.9 Å². The van der Waals surface area contributed by atoms with Gasteiger partial charge in [0.2, 0.25) is 0 Å². The molecule has 1 aliphatic rings. The Kier molecular flexibility index (Phi) is 5.81. The number of ether oxygens (including phenoxy) is 2. The highest BCUT2D eigenvalue weighted by atomic mass is 32.1. The summed E-state index contributed by atoms with van der Waals surface area (Å²) in [4.78, 5) is 38.8. The molecule has 9 heteroatoms. The van der Waals surface area contributed by atoms with Crippen LogP contribution in [0.4, 0.5) is 5.00 Å². The fourth-order valence-electron chi connectivity index (χ4n) is 2.99. The second kappa shape index (κ2) is 8.10. The molecule has 0 unspecified atom stereocenters. The number of carbonyl (C=O) groups is 3. The Morgan fingerprint density at radius 2 is 1.96 bits per heavy atom. The number of nitrogens with one attached hydrogen (secondary N) is 1. The fourth-order valence-corrected chi connectivity index (χ4v) is 5.14. The highest BCUT2D eigenvalue weighted by molar-refractivity contribution is 7.18. The Morgan fingerprint density at radius 1 is 1.19 bits per heavy atom. The van der Waals surface area contributed by atoms with Gasteiger partial charge in [0.25, 0.3) is 5.91 Å². The smallest absolute Gasteiger partial charge is 0.348 e. The molecule has 0 fully saturated rings. The molecule has 2 aromatic rings. The van der Waals surface area contributed by atoms with Crippen molar-refractivity contribution in [3.05, 3.63) is 37.4 Å². The molecule has 0 spiro atoms. The molecule has 0 aromatic carbocycles. The molecule has 0 saturated heterocycles. The minimum Gasteiger partial charge on any atom is -0.462 e. The highest BCUT2D eigenvalue weighted by Gasteiger charge is 2.28. The van der Waals surface area contributed by atoms with Crippen molar-refractivity contribution in [3.8, 4) is 0 Å².